The van der Waals surface area contributed by atoms with Crippen molar-refractivity contribution in [3.05, 3.63) is 32.7 Å². The van der Waals surface area contributed by atoms with Gasteiger partial charge in [-0.05, 0) is 49.6 Å². The second-order valence-corrected chi connectivity index (χ2v) is 4.68. The molecule has 0 spiro atoms. The van der Waals surface area contributed by atoms with E-state index in [1.165, 1.54) is 0 Å². The van der Waals surface area contributed by atoms with Crippen LogP contribution in [-0.2, 0) is 6.54 Å². The molecule has 0 fully saturated rings. The van der Waals surface area contributed by atoms with Gasteiger partial charge in [-0.1, -0.05) is 6.07 Å². The first kappa shape index (κ1) is 13.0. The molecule has 0 bridgehead atoms. The van der Waals surface area contributed by atoms with Crippen molar-refractivity contribution < 1.29 is 13.2 Å². The molecule has 0 unspecified atom stereocenters. The van der Waals surface area contributed by atoms with E-state index in [0.29, 0.717) is 0 Å². The van der Waals surface area contributed by atoms with Crippen molar-refractivity contribution in [3.63, 3.8) is 0 Å². The first-order valence-corrected chi connectivity index (χ1v) is 5.68. The average molecular weight is 347 g/mol. The third kappa shape index (κ3) is 4.99. The van der Waals surface area contributed by atoms with Crippen molar-refractivity contribution in [2.75, 3.05) is 6.54 Å². The van der Waals surface area contributed by atoms with E-state index in [4.69, 9.17) is 0 Å². The molecule has 1 aromatic carbocycles. The lowest BCUT2D eigenvalue weighted by molar-refractivity contribution is -0.125. The summed E-state index contributed by atoms with van der Waals surface area (Å²) in [5, 5.41) is 2.33. The molecule has 1 rings (SSSR count). The van der Waals surface area contributed by atoms with Crippen molar-refractivity contribution in [1.82, 2.24) is 5.32 Å². The Morgan fingerprint density at radius 2 is 1.80 bits per heavy atom. The molecule has 1 nitrogen and oxygen atoms in total. The third-order valence-electron chi connectivity index (χ3n) is 1.64. The van der Waals surface area contributed by atoms with Crippen LogP contribution in [0.2, 0.25) is 0 Å². The van der Waals surface area contributed by atoms with Crippen LogP contribution in [0.5, 0.6) is 0 Å². The van der Waals surface area contributed by atoms with E-state index in [2.05, 4.69) is 37.2 Å². The molecule has 0 radical (unpaired) electrons. The van der Waals surface area contributed by atoms with Gasteiger partial charge in [0, 0.05) is 15.5 Å². The van der Waals surface area contributed by atoms with E-state index in [9.17, 15) is 13.2 Å². The molecule has 0 atom stereocenters. The molecule has 0 aliphatic rings. The quantitative estimate of drug-likeness (QED) is 0.876. The number of nitrogens with one attached hydrogen (secondary N) is 1. The minimum atomic E-state index is -4.16. The van der Waals surface area contributed by atoms with Gasteiger partial charge in [0.15, 0.2) is 0 Å². The van der Waals surface area contributed by atoms with Crippen LogP contribution >= 0.6 is 31.9 Å². The number of halogens is 5. The number of hydrogen-bond donors (Lipinski definition) is 1. The Balaban J connectivity index is 2.48. The molecule has 1 aromatic rings. The molecule has 0 amide bonds. The molecule has 1 N–H and O–H groups in total. The van der Waals surface area contributed by atoms with Gasteiger partial charge in [-0.2, -0.15) is 13.2 Å². The lowest BCUT2D eigenvalue weighted by Gasteiger charge is -2.08. The lowest BCUT2D eigenvalue weighted by Crippen LogP contribution is -2.28. The Hall–Kier alpha value is -0.0700. The van der Waals surface area contributed by atoms with E-state index in [0.717, 1.165) is 14.5 Å². The average Bonchev–Trinajstić information content (AvgIpc) is 2.09. The smallest absolute Gasteiger partial charge is 0.305 e. The molecular weight excluding hydrogens is 339 g/mol. The van der Waals surface area contributed by atoms with E-state index in [1.807, 2.05) is 0 Å². The number of alkyl halides is 3. The monoisotopic (exact) mass is 345 g/mol. The maximum absolute atomic E-state index is 11.8. The molecule has 15 heavy (non-hydrogen) atoms. The molecule has 0 saturated heterocycles. The van der Waals surface area contributed by atoms with Crippen LogP contribution in [0.3, 0.4) is 0 Å². The second kappa shape index (κ2) is 5.32. The minimum Gasteiger partial charge on any atom is -0.305 e. The number of rotatable bonds is 3. The van der Waals surface area contributed by atoms with Crippen molar-refractivity contribution in [2.24, 2.45) is 0 Å². The van der Waals surface area contributed by atoms with Crippen molar-refractivity contribution >= 4 is 31.9 Å². The van der Waals surface area contributed by atoms with Crippen LogP contribution in [0.4, 0.5) is 13.2 Å². The number of hydrogen-bond acceptors (Lipinski definition) is 1. The fourth-order valence-corrected chi connectivity index (χ4v) is 1.67. The van der Waals surface area contributed by atoms with Crippen LogP contribution in [0, 0.1) is 0 Å². The van der Waals surface area contributed by atoms with Gasteiger partial charge < -0.3 is 5.32 Å². The summed E-state index contributed by atoms with van der Waals surface area (Å²) in [6.45, 7) is -0.772. The maximum atomic E-state index is 11.8. The summed E-state index contributed by atoms with van der Waals surface area (Å²) in [6.07, 6.45) is -4.16. The Kier molecular flexibility index (Phi) is 4.61. The zero-order valence-corrected chi connectivity index (χ0v) is 10.7. The summed E-state index contributed by atoms with van der Waals surface area (Å²) >= 11 is 6.56. The summed E-state index contributed by atoms with van der Waals surface area (Å²) in [7, 11) is 0. The van der Waals surface area contributed by atoms with Gasteiger partial charge in [0.05, 0.1) is 6.54 Å². The van der Waals surface area contributed by atoms with Crippen LogP contribution in [0.15, 0.2) is 27.1 Å². The molecule has 0 aliphatic heterocycles. The van der Waals surface area contributed by atoms with Crippen LogP contribution in [-0.4, -0.2) is 12.7 Å². The molecule has 6 heteroatoms. The predicted octanol–water partition coefficient (Wildman–Crippen LogP) is 3.86. The summed E-state index contributed by atoms with van der Waals surface area (Å²) < 4.78 is 37.2. The van der Waals surface area contributed by atoms with Crippen molar-refractivity contribution in [3.8, 4) is 0 Å². The predicted molar refractivity (Wildman–Crippen MR) is 59.6 cm³/mol. The zero-order chi connectivity index (χ0) is 11.5. The maximum Gasteiger partial charge on any atom is 0.401 e. The highest BCUT2D eigenvalue weighted by molar-refractivity contribution is 9.13. The van der Waals surface area contributed by atoms with Crippen LogP contribution in [0.1, 0.15) is 5.56 Å². The fourth-order valence-electron chi connectivity index (χ4n) is 0.998. The topological polar surface area (TPSA) is 12.0 Å². The SMILES string of the molecule is FC(F)(F)CNCc1ccc(Br)c(Br)c1. The van der Waals surface area contributed by atoms with Gasteiger partial charge in [-0.3, -0.25) is 0 Å². The third-order valence-corrected chi connectivity index (χ3v) is 3.52. The zero-order valence-electron chi connectivity index (χ0n) is 7.54. The fraction of sp³-hybridized carbons (Fsp3) is 0.333. The standard InChI is InChI=1S/C9H8Br2F3N/c10-7-2-1-6(3-8(7)11)4-15-5-9(12,13)14/h1-3,15H,4-5H2. The minimum absolute atomic E-state index is 0.200. The Morgan fingerprint density at radius 3 is 2.33 bits per heavy atom. The Bertz CT molecular complexity index is 339. The van der Waals surface area contributed by atoms with E-state index in [1.54, 1.807) is 18.2 Å². The molecule has 0 heterocycles. The van der Waals surface area contributed by atoms with Gasteiger partial charge in [0.1, 0.15) is 0 Å². The van der Waals surface area contributed by atoms with E-state index >= 15 is 0 Å². The largest absolute Gasteiger partial charge is 0.401 e. The summed E-state index contributed by atoms with van der Waals surface area (Å²) in [5.41, 5.74) is 0.800. The Labute approximate surface area is 102 Å². The van der Waals surface area contributed by atoms with Crippen molar-refractivity contribution in [1.29, 1.82) is 0 Å². The first-order valence-electron chi connectivity index (χ1n) is 4.10. The molecule has 0 aliphatic carbocycles. The molecular formula is C9H8Br2F3N. The lowest BCUT2D eigenvalue weighted by atomic mass is 10.2. The first-order chi connectivity index (χ1) is 6.88. The van der Waals surface area contributed by atoms with Gasteiger partial charge in [-0.15, -0.1) is 0 Å². The Morgan fingerprint density at radius 1 is 1.13 bits per heavy atom. The van der Waals surface area contributed by atoms with Gasteiger partial charge >= 0.3 is 6.18 Å². The van der Waals surface area contributed by atoms with Gasteiger partial charge in [-0.25, -0.2) is 0 Å². The summed E-state index contributed by atoms with van der Waals surface area (Å²) in [4.78, 5) is 0. The highest BCUT2D eigenvalue weighted by atomic mass is 79.9. The summed E-state index contributed by atoms with van der Waals surface area (Å²) in [5.74, 6) is 0. The van der Waals surface area contributed by atoms with E-state index < -0.39 is 12.7 Å². The van der Waals surface area contributed by atoms with E-state index in [-0.39, 0.29) is 6.54 Å². The molecule has 0 saturated carbocycles. The number of benzene rings is 1. The molecule has 84 valence electrons. The summed E-state index contributed by atoms with van der Waals surface area (Å²) in [6, 6.07) is 5.32. The van der Waals surface area contributed by atoms with Gasteiger partial charge in [0.25, 0.3) is 0 Å². The van der Waals surface area contributed by atoms with Crippen molar-refractivity contribution in [2.45, 2.75) is 12.7 Å². The highest BCUT2D eigenvalue weighted by Crippen LogP contribution is 2.23. The normalized spacial score (nSPS) is 11.8. The highest BCUT2D eigenvalue weighted by Gasteiger charge is 2.25. The molecule has 0 aromatic heterocycles. The van der Waals surface area contributed by atoms with Crippen LogP contribution < -0.4 is 5.32 Å². The van der Waals surface area contributed by atoms with Crippen LogP contribution in [0.25, 0.3) is 0 Å². The van der Waals surface area contributed by atoms with Gasteiger partial charge in [0.2, 0.25) is 0 Å². The second-order valence-electron chi connectivity index (χ2n) is 2.97.